The van der Waals surface area contributed by atoms with Crippen molar-refractivity contribution in [3.8, 4) is 0 Å². The average molecular weight is 429 g/mol. The normalized spacial score (nSPS) is 53.3. The predicted molar refractivity (Wildman–Crippen MR) is 131 cm³/mol. The summed E-state index contributed by atoms with van der Waals surface area (Å²) in [5.41, 5.74) is 2.45. The van der Waals surface area contributed by atoms with Crippen LogP contribution in [-0.4, -0.2) is 11.2 Å². The fourth-order valence-corrected chi connectivity index (χ4v) is 11.3. The third-order valence-electron chi connectivity index (χ3n) is 13.3. The van der Waals surface area contributed by atoms with E-state index in [9.17, 15) is 5.11 Å². The van der Waals surface area contributed by atoms with Crippen LogP contribution < -0.4 is 0 Å². The van der Waals surface area contributed by atoms with E-state index in [1.807, 2.05) is 0 Å². The molecule has 5 fully saturated rings. The van der Waals surface area contributed by atoms with Gasteiger partial charge in [-0.25, -0.2) is 0 Å². The lowest BCUT2D eigenvalue weighted by atomic mass is 9.41. The highest BCUT2D eigenvalue weighted by molar-refractivity contribution is 5.30. The molecule has 0 aromatic carbocycles. The van der Waals surface area contributed by atoms with E-state index in [1.54, 1.807) is 0 Å². The molecule has 31 heavy (non-hydrogen) atoms. The Labute approximate surface area is 193 Å². The highest BCUT2D eigenvalue weighted by atomic mass is 16.3. The van der Waals surface area contributed by atoms with E-state index in [1.165, 1.54) is 70.6 Å². The van der Waals surface area contributed by atoms with Crippen LogP contribution in [0.2, 0.25) is 0 Å². The van der Waals surface area contributed by atoms with Gasteiger partial charge in [-0.3, -0.25) is 0 Å². The second-order valence-corrected chi connectivity index (χ2v) is 14.8. The van der Waals surface area contributed by atoms with Gasteiger partial charge in [0.1, 0.15) is 0 Å². The largest absolute Gasteiger partial charge is 0.393 e. The molecule has 1 heteroatoms. The first-order valence-electron chi connectivity index (χ1n) is 14.1. The maximum absolute atomic E-state index is 10.8. The van der Waals surface area contributed by atoms with E-state index in [0.717, 1.165) is 36.0 Å². The van der Waals surface area contributed by atoms with Crippen LogP contribution in [0.15, 0.2) is 0 Å². The minimum absolute atomic E-state index is 0.0793. The molecule has 0 aromatic heterocycles. The minimum Gasteiger partial charge on any atom is -0.393 e. The van der Waals surface area contributed by atoms with Gasteiger partial charge in [-0.15, -0.1) is 0 Å². The Kier molecular flexibility index (Phi) is 5.13. The Morgan fingerprint density at radius 2 is 1.42 bits per heavy atom. The molecule has 5 saturated carbocycles. The van der Waals surface area contributed by atoms with Crippen LogP contribution in [-0.2, 0) is 0 Å². The maximum atomic E-state index is 10.8. The molecule has 1 N–H and O–H groups in total. The SMILES string of the molecule is CC(C)CCC[C@@H](C)[C@H]1CC[C@@]2(C)[C@@H]3CC[C@H]4C(C)(C)[C@@H](O)CC[C@@]45C[C@@]35CC[C@]12C. The summed E-state index contributed by atoms with van der Waals surface area (Å²) < 4.78 is 0. The van der Waals surface area contributed by atoms with E-state index < -0.39 is 0 Å². The summed E-state index contributed by atoms with van der Waals surface area (Å²) in [5, 5.41) is 10.8. The highest BCUT2D eigenvalue weighted by Crippen LogP contribution is 2.89. The molecule has 0 bridgehead atoms. The van der Waals surface area contributed by atoms with Crippen molar-refractivity contribution in [2.75, 3.05) is 0 Å². The molecule has 0 aromatic rings. The summed E-state index contributed by atoms with van der Waals surface area (Å²) in [6.45, 7) is 17.7. The van der Waals surface area contributed by atoms with E-state index >= 15 is 0 Å². The van der Waals surface area contributed by atoms with Crippen LogP contribution in [0.4, 0.5) is 0 Å². The Morgan fingerprint density at radius 3 is 2.13 bits per heavy atom. The van der Waals surface area contributed by atoms with Crippen LogP contribution in [0.1, 0.15) is 126 Å². The number of hydrogen-bond donors (Lipinski definition) is 1. The fourth-order valence-electron chi connectivity index (χ4n) is 11.3. The van der Waals surface area contributed by atoms with Crippen LogP contribution in [0.5, 0.6) is 0 Å². The monoisotopic (exact) mass is 428 g/mol. The van der Waals surface area contributed by atoms with E-state index in [4.69, 9.17) is 0 Å². The molecule has 0 saturated heterocycles. The molecule has 1 nitrogen and oxygen atoms in total. The lowest BCUT2D eigenvalue weighted by Gasteiger charge is -2.63. The molecule has 0 heterocycles. The molecule has 178 valence electrons. The van der Waals surface area contributed by atoms with E-state index in [0.29, 0.717) is 21.7 Å². The highest BCUT2D eigenvalue weighted by Gasteiger charge is 2.82. The Balaban J connectivity index is 1.39. The fraction of sp³-hybridized carbons (Fsp3) is 1.00. The molecule has 2 spiro atoms. The van der Waals surface area contributed by atoms with E-state index in [-0.39, 0.29) is 11.5 Å². The smallest absolute Gasteiger partial charge is 0.0594 e. The topological polar surface area (TPSA) is 20.2 Å². The Bertz CT molecular complexity index is 709. The quantitative estimate of drug-likeness (QED) is 0.467. The second kappa shape index (κ2) is 6.99. The van der Waals surface area contributed by atoms with Gasteiger partial charge in [-0.2, -0.15) is 0 Å². The van der Waals surface area contributed by atoms with Gasteiger partial charge < -0.3 is 5.11 Å². The van der Waals surface area contributed by atoms with Gasteiger partial charge in [-0.1, -0.05) is 67.7 Å². The van der Waals surface area contributed by atoms with Gasteiger partial charge >= 0.3 is 0 Å². The number of hydrogen-bond acceptors (Lipinski definition) is 1. The van der Waals surface area contributed by atoms with Crippen molar-refractivity contribution in [1.82, 2.24) is 0 Å². The van der Waals surface area contributed by atoms with E-state index in [2.05, 4.69) is 48.5 Å². The first kappa shape index (κ1) is 22.7. The predicted octanol–water partition coefficient (Wildman–Crippen LogP) is 8.25. The number of rotatable bonds is 5. The molecule has 5 aliphatic carbocycles. The third-order valence-corrected chi connectivity index (χ3v) is 13.3. The van der Waals surface area contributed by atoms with Gasteiger partial charge in [0, 0.05) is 0 Å². The first-order valence-corrected chi connectivity index (χ1v) is 14.1. The summed E-state index contributed by atoms with van der Waals surface area (Å²) in [5.74, 6) is 4.41. The zero-order chi connectivity index (χ0) is 22.4. The lowest BCUT2D eigenvalue weighted by Crippen LogP contribution is -2.57. The third kappa shape index (κ3) is 2.77. The van der Waals surface area contributed by atoms with Gasteiger partial charge in [-0.05, 0) is 114 Å². The molecule has 0 aliphatic heterocycles. The van der Waals surface area contributed by atoms with Crippen molar-refractivity contribution in [2.24, 2.45) is 56.7 Å². The van der Waals surface area contributed by atoms with Crippen LogP contribution in [0, 0.1) is 56.7 Å². The maximum Gasteiger partial charge on any atom is 0.0594 e. The number of fused-ring (bicyclic) bond motifs is 2. The zero-order valence-corrected chi connectivity index (χ0v) is 21.9. The van der Waals surface area contributed by atoms with Crippen LogP contribution >= 0.6 is 0 Å². The summed E-state index contributed by atoms with van der Waals surface area (Å²) in [6, 6.07) is 0. The minimum atomic E-state index is -0.0793. The molecule has 9 atom stereocenters. The van der Waals surface area contributed by atoms with Crippen molar-refractivity contribution in [2.45, 2.75) is 132 Å². The molecule has 0 unspecified atom stereocenters. The number of aliphatic hydroxyl groups excluding tert-OH is 1. The molecule has 5 rings (SSSR count). The first-order chi connectivity index (χ1) is 14.4. The van der Waals surface area contributed by atoms with Gasteiger partial charge in [0.05, 0.1) is 6.10 Å². The molecule has 0 amide bonds. The van der Waals surface area contributed by atoms with Gasteiger partial charge in [0.25, 0.3) is 0 Å². The number of aliphatic hydroxyl groups is 1. The lowest BCUT2D eigenvalue weighted by molar-refractivity contribution is -0.161. The van der Waals surface area contributed by atoms with Gasteiger partial charge in [0.2, 0.25) is 0 Å². The molecular formula is C30H52O. The Morgan fingerprint density at radius 1 is 0.742 bits per heavy atom. The molecular weight excluding hydrogens is 376 g/mol. The van der Waals surface area contributed by atoms with Crippen molar-refractivity contribution in [3.63, 3.8) is 0 Å². The zero-order valence-electron chi connectivity index (χ0n) is 21.9. The van der Waals surface area contributed by atoms with Crippen molar-refractivity contribution < 1.29 is 5.11 Å². The Hall–Kier alpha value is -0.0400. The summed E-state index contributed by atoms with van der Waals surface area (Å²) >= 11 is 0. The second-order valence-electron chi connectivity index (χ2n) is 14.8. The molecule has 0 radical (unpaired) electrons. The standard InChI is InChI=1S/C30H52O/c1-20(2)9-8-10-21(3)22-13-15-28(7)24-12-11-23-26(4,5)25(31)14-16-29(23)19-30(24,29)18-17-27(22,28)6/h20-25,31H,8-19H2,1-7H3/t21-,22-,23+,24+,25+,27-,28+,29-,30+/m1/s1. The summed E-state index contributed by atoms with van der Waals surface area (Å²) in [4.78, 5) is 0. The summed E-state index contributed by atoms with van der Waals surface area (Å²) in [7, 11) is 0. The van der Waals surface area contributed by atoms with Crippen LogP contribution in [0.25, 0.3) is 0 Å². The van der Waals surface area contributed by atoms with Crippen molar-refractivity contribution in [1.29, 1.82) is 0 Å². The molecule has 5 aliphatic rings. The van der Waals surface area contributed by atoms with Gasteiger partial charge in [0.15, 0.2) is 0 Å². The van der Waals surface area contributed by atoms with Crippen molar-refractivity contribution >= 4 is 0 Å². The average Bonchev–Trinajstić information content (AvgIpc) is 3.27. The van der Waals surface area contributed by atoms with Crippen LogP contribution in [0.3, 0.4) is 0 Å². The van der Waals surface area contributed by atoms with Crippen molar-refractivity contribution in [3.05, 3.63) is 0 Å². The summed E-state index contributed by atoms with van der Waals surface area (Å²) in [6.07, 6.45) is 16.9.